The van der Waals surface area contributed by atoms with Gasteiger partial charge in [-0.3, -0.25) is 15.6 Å². The van der Waals surface area contributed by atoms with Crippen LogP contribution in [0.3, 0.4) is 0 Å². The van der Waals surface area contributed by atoms with Crippen molar-refractivity contribution in [1.82, 2.24) is 15.8 Å². The highest BCUT2D eigenvalue weighted by Gasteiger charge is 2.24. The quantitative estimate of drug-likeness (QED) is 0.728. The van der Waals surface area contributed by atoms with Crippen LogP contribution < -0.4 is 15.6 Å². The molecule has 150 valence electrons. The third-order valence-corrected chi connectivity index (χ3v) is 5.04. The van der Waals surface area contributed by atoms with E-state index in [0.29, 0.717) is 24.8 Å². The van der Waals surface area contributed by atoms with E-state index in [9.17, 15) is 9.18 Å². The molecule has 0 radical (unpaired) electrons. The van der Waals surface area contributed by atoms with E-state index in [0.717, 1.165) is 30.6 Å². The lowest BCUT2D eigenvalue weighted by atomic mass is 9.99. The van der Waals surface area contributed by atoms with Gasteiger partial charge in [0.15, 0.2) is 0 Å². The molecule has 0 aromatic heterocycles. The molecule has 28 heavy (non-hydrogen) atoms. The predicted molar refractivity (Wildman–Crippen MR) is 108 cm³/mol. The molecule has 2 aromatic carbocycles. The number of nitrogens with one attached hydrogen (secondary N) is 2. The van der Waals surface area contributed by atoms with Gasteiger partial charge in [0.2, 0.25) is 0 Å². The number of rotatable bonds is 8. The van der Waals surface area contributed by atoms with Crippen molar-refractivity contribution < 1.29 is 13.9 Å². The van der Waals surface area contributed by atoms with Gasteiger partial charge in [0.05, 0.1) is 6.61 Å². The van der Waals surface area contributed by atoms with Crippen molar-refractivity contribution in [2.24, 2.45) is 0 Å². The lowest BCUT2D eigenvalue weighted by Crippen LogP contribution is -2.32. The molecule has 0 bridgehead atoms. The number of carbonyl (C=O) groups excluding carboxylic acids is 1. The lowest BCUT2D eigenvalue weighted by Gasteiger charge is -2.18. The van der Waals surface area contributed by atoms with Gasteiger partial charge in [-0.15, -0.1) is 0 Å². The standard InChI is InChI=1S/C22H28FN3O2/c1-3-28-20-8-4-6-17(14-20)22(27)26(2)13-5-7-19-15-21(25-24-19)16-9-11-18(23)12-10-16/h4,6,8-12,14,19,21,24-25H,3,5,7,13,15H2,1-2H3. The van der Waals surface area contributed by atoms with Crippen molar-refractivity contribution in [3.8, 4) is 5.75 Å². The van der Waals surface area contributed by atoms with Crippen LogP contribution in [0.5, 0.6) is 5.75 Å². The monoisotopic (exact) mass is 385 g/mol. The van der Waals surface area contributed by atoms with Crippen LogP contribution >= 0.6 is 0 Å². The van der Waals surface area contributed by atoms with E-state index in [-0.39, 0.29) is 17.8 Å². The molecule has 6 heteroatoms. The van der Waals surface area contributed by atoms with E-state index < -0.39 is 0 Å². The highest BCUT2D eigenvalue weighted by molar-refractivity contribution is 5.94. The molecule has 1 amide bonds. The lowest BCUT2D eigenvalue weighted by molar-refractivity contribution is 0.0791. The summed E-state index contributed by atoms with van der Waals surface area (Å²) >= 11 is 0. The molecule has 2 atom stereocenters. The average molecular weight is 385 g/mol. The summed E-state index contributed by atoms with van der Waals surface area (Å²) in [4.78, 5) is 14.4. The number of hydrogen-bond donors (Lipinski definition) is 2. The molecular weight excluding hydrogens is 357 g/mol. The molecule has 1 saturated heterocycles. The summed E-state index contributed by atoms with van der Waals surface area (Å²) in [7, 11) is 1.83. The van der Waals surface area contributed by atoms with Crippen LogP contribution in [-0.4, -0.2) is 37.0 Å². The van der Waals surface area contributed by atoms with Crippen LogP contribution in [0.2, 0.25) is 0 Å². The summed E-state index contributed by atoms with van der Waals surface area (Å²) in [5, 5.41) is 0. The van der Waals surface area contributed by atoms with Gasteiger partial charge in [0.1, 0.15) is 11.6 Å². The molecule has 0 spiro atoms. The Morgan fingerprint density at radius 2 is 2.00 bits per heavy atom. The van der Waals surface area contributed by atoms with Crippen molar-refractivity contribution in [3.05, 3.63) is 65.5 Å². The molecule has 0 aliphatic carbocycles. The Bertz CT molecular complexity index is 782. The number of nitrogens with zero attached hydrogens (tertiary/aromatic N) is 1. The van der Waals surface area contributed by atoms with Crippen molar-refractivity contribution >= 4 is 5.91 Å². The highest BCUT2D eigenvalue weighted by Crippen LogP contribution is 2.24. The van der Waals surface area contributed by atoms with Gasteiger partial charge in [-0.2, -0.15) is 0 Å². The van der Waals surface area contributed by atoms with Crippen LogP contribution in [-0.2, 0) is 0 Å². The van der Waals surface area contributed by atoms with E-state index in [1.807, 2.05) is 44.3 Å². The Morgan fingerprint density at radius 3 is 2.75 bits per heavy atom. The van der Waals surface area contributed by atoms with E-state index in [2.05, 4.69) is 10.9 Å². The van der Waals surface area contributed by atoms with Crippen molar-refractivity contribution in [2.45, 2.75) is 38.3 Å². The van der Waals surface area contributed by atoms with Gasteiger partial charge in [-0.05, 0) is 62.1 Å². The summed E-state index contributed by atoms with van der Waals surface area (Å²) in [5.74, 6) is 0.504. The minimum Gasteiger partial charge on any atom is -0.494 e. The zero-order valence-electron chi connectivity index (χ0n) is 16.5. The van der Waals surface area contributed by atoms with Crippen LogP contribution in [0.25, 0.3) is 0 Å². The zero-order valence-corrected chi connectivity index (χ0v) is 16.5. The van der Waals surface area contributed by atoms with E-state index in [1.165, 1.54) is 12.1 Å². The minimum absolute atomic E-state index is 0.00301. The van der Waals surface area contributed by atoms with Crippen molar-refractivity contribution in [1.29, 1.82) is 0 Å². The maximum atomic E-state index is 13.1. The first-order chi connectivity index (χ1) is 13.6. The summed E-state index contributed by atoms with van der Waals surface area (Å²) in [6.45, 7) is 3.19. The van der Waals surface area contributed by atoms with E-state index in [1.54, 1.807) is 11.0 Å². The van der Waals surface area contributed by atoms with Gasteiger partial charge in [0.25, 0.3) is 5.91 Å². The fourth-order valence-corrected chi connectivity index (χ4v) is 3.51. The van der Waals surface area contributed by atoms with Gasteiger partial charge in [-0.1, -0.05) is 18.2 Å². The minimum atomic E-state index is -0.217. The summed E-state index contributed by atoms with van der Waals surface area (Å²) in [5.41, 5.74) is 8.32. The van der Waals surface area contributed by atoms with Gasteiger partial charge < -0.3 is 9.64 Å². The van der Waals surface area contributed by atoms with Crippen molar-refractivity contribution in [2.75, 3.05) is 20.2 Å². The maximum absolute atomic E-state index is 13.1. The number of ether oxygens (including phenoxy) is 1. The highest BCUT2D eigenvalue weighted by atomic mass is 19.1. The summed E-state index contributed by atoms with van der Waals surface area (Å²) in [6.07, 6.45) is 2.81. The molecule has 2 aromatic rings. The molecule has 1 aliphatic heterocycles. The Kier molecular flexibility index (Phi) is 7.01. The second kappa shape index (κ2) is 9.66. The first kappa shape index (κ1) is 20.3. The van der Waals surface area contributed by atoms with Gasteiger partial charge >= 0.3 is 0 Å². The average Bonchev–Trinajstić information content (AvgIpc) is 3.17. The predicted octanol–water partition coefficient (Wildman–Crippen LogP) is 3.68. The van der Waals surface area contributed by atoms with E-state index in [4.69, 9.17) is 4.74 Å². The van der Waals surface area contributed by atoms with Gasteiger partial charge in [0, 0.05) is 31.2 Å². The third kappa shape index (κ3) is 5.30. The zero-order chi connectivity index (χ0) is 19.9. The topological polar surface area (TPSA) is 53.6 Å². The maximum Gasteiger partial charge on any atom is 0.253 e. The number of halogens is 1. The van der Waals surface area contributed by atoms with E-state index >= 15 is 0 Å². The molecule has 3 rings (SSSR count). The van der Waals surface area contributed by atoms with Gasteiger partial charge in [-0.25, -0.2) is 4.39 Å². The van der Waals surface area contributed by atoms with Crippen LogP contribution in [0.4, 0.5) is 4.39 Å². The molecule has 1 aliphatic rings. The Morgan fingerprint density at radius 1 is 1.21 bits per heavy atom. The first-order valence-electron chi connectivity index (χ1n) is 9.81. The Hall–Kier alpha value is -2.44. The number of carbonyl (C=O) groups is 1. The molecule has 1 fully saturated rings. The van der Waals surface area contributed by atoms with Crippen LogP contribution in [0.1, 0.15) is 48.1 Å². The number of hydrogen-bond acceptors (Lipinski definition) is 4. The smallest absolute Gasteiger partial charge is 0.253 e. The molecule has 2 N–H and O–H groups in total. The van der Waals surface area contributed by atoms with Crippen molar-refractivity contribution in [3.63, 3.8) is 0 Å². The summed E-state index contributed by atoms with van der Waals surface area (Å²) < 4.78 is 18.5. The normalized spacial score (nSPS) is 18.8. The molecule has 0 saturated carbocycles. The number of hydrazine groups is 1. The number of benzene rings is 2. The van der Waals surface area contributed by atoms with Crippen LogP contribution in [0, 0.1) is 5.82 Å². The molecule has 5 nitrogen and oxygen atoms in total. The number of amides is 1. The fraction of sp³-hybridized carbons (Fsp3) is 0.409. The second-order valence-corrected chi connectivity index (χ2v) is 7.16. The molecule has 1 heterocycles. The summed E-state index contributed by atoms with van der Waals surface area (Å²) in [6, 6.07) is 14.4. The SMILES string of the molecule is CCOc1cccc(C(=O)N(C)CCCC2CC(c3ccc(F)cc3)NN2)c1. The fourth-order valence-electron chi connectivity index (χ4n) is 3.51. The first-order valence-corrected chi connectivity index (χ1v) is 9.81. The largest absolute Gasteiger partial charge is 0.494 e. The third-order valence-electron chi connectivity index (χ3n) is 5.04. The second-order valence-electron chi connectivity index (χ2n) is 7.16. The Balaban J connectivity index is 1.44. The molecular formula is C22H28FN3O2. The molecule has 2 unspecified atom stereocenters. The van der Waals surface area contributed by atoms with Crippen LogP contribution in [0.15, 0.2) is 48.5 Å². The Labute approximate surface area is 165 Å².